The summed E-state index contributed by atoms with van der Waals surface area (Å²) < 4.78 is 1.04. The van der Waals surface area contributed by atoms with Gasteiger partial charge in [-0.1, -0.05) is 6.92 Å². The molecule has 2 rings (SSSR count). The van der Waals surface area contributed by atoms with Gasteiger partial charge >= 0.3 is 0 Å². The summed E-state index contributed by atoms with van der Waals surface area (Å²) in [7, 11) is 0. The molecule has 0 bridgehead atoms. The zero-order valence-electron chi connectivity index (χ0n) is 10.3. The predicted octanol–water partition coefficient (Wildman–Crippen LogP) is 2.67. The van der Waals surface area contributed by atoms with E-state index in [1.165, 1.54) is 0 Å². The Morgan fingerprint density at radius 3 is 2.56 bits per heavy atom. The fraction of sp³-hybridized carbons (Fsp3) is 0.333. The Bertz CT molecular complexity index is 529. The molecule has 1 N–H and O–H groups in total. The Balaban J connectivity index is 2.41. The van der Waals surface area contributed by atoms with Gasteiger partial charge in [0, 0.05) is 18.9 Å². The van der Waals surface area contributed by atoms with E-state index in [9.17, 15) is 0 Å². The van der Waals surface area contributed by atoms with Gasteiger partial charge in [-0.25, -0.2) is 19.9 Å². The van der Waals surface area contributed by atoms with Crippen LogP contribution in [0.15, 0.2) is 18.5 Å². The van der Waals surface area contributed by atoms with Gasteiger partial charge in [0.2, 0.25) is 0 Å². The zero-order chi connectivity index (χ0) is 13.0. The molecule has 0 aromatic carbocycles. The highest BCUT2D eigenvalue weighted by Crippen LogP contribution is 2.21. The topological polar surface area (TPSA) is 63.6 Å². The third-order valence-electron chi connectivity index (χ3n) is 2.33. The van der Waals surface area contributed by atoms with Gasteiger partial charge < -0.3 is 5.32 Å². The Labute approximate surface area is 120 Å². The van der Waals surface area contributed by atoms with Crippen LogP contribution in [0.5, 0.6) is 0 Å². The van der Waals surface area contributed by atoms with E-state index in [4.69, 9.17) is 0 Å². The molecule has 6 heteroatoms. The lowest BCUT2D eigenvalue weighted by atomic mass is 10.4. The SMILES string of the molecule is CCCNc1nc(-c2ncccn2)nc(C)c1I. The molecule has 94 valence electrons. The van der Waals surface area contributed by atoms with Gasteiger partial charge in [-0.3, -0.25) is 0 Å². The molecule has 0 amide bonds. The quantitative estimate of drug-likeness (QED) is 0.855. The van der Waals surface area contributed by atoms with Gasteiger partial charge in [-0.15, -0.1) is 0 Å². The zero-order valence-corrected chi connectivity index (χ0v) is 12.5. The average Bonchev–Trinajstić information content (AvgIpc) is 2.41. The molecule has 2 heterocycles. The van der Waals surface area contributed by atoms with Crippen LogP contribution in [0.1, 0.15) is 19.0 Å². The van der Waals surface area contributed by atoms with Crippen molar-refractivity contribution in [2.45, 2.75) is 20.3 Å². The number of aryl methyl sites for hydroxylation is 1. The first-order valence-electron chi connectivity index (χ1n) is 5.77. The van der Waals surface area contributed by atoms with E-state index in [2.05, 4.69) is 54.8 Å². The number of hydrogen-bond donors (Lipinski definition) is 1. The van der Waals surface area contributed by atoms with E-state index < -0.39 is 0 Å². The normalized spacial score (nSPS) is 10.4. The van der Waals surface area contributed by atoms with E-state index in [1.807, 2.05) is 6.92 Å². The minimum atomic E-state index is 0.552. The highest BCUT2D eigenvalue weighted by Gasteiger charge is 2.11. The molecule has 0 aliphatic rings. The van der Waals surface area contributed by atoms with Gasteiger partial charge in [0.15, 0.2) is 11.6 Å². The molecule has 0 spiro atoms. The number of rotatable bonds is 4. The summed E-state index contributed by atoms with van der Waals surface area (Å²) in [5.41, 5.74) is 0.937. The number of nitrogens with zero attached hydrogens (tertiary/aromatic N) is 4. The first kappa shape index (κ1) is 13.1. The molecule has 0 unspecified atom stereocenters. The molecule has 0 aliphatic heterocycles. The maximum Gasteiger partial charge on any atom is 0.199 e. The summed E-state index contributed by atoms with van der Waals surface area (Å²) in [6, 6.07) is 1.78. The van der Waals surface area contributed by atoms with Gasteiger partial charge in [0.25, 0.3) is 0 Å². The minimum Gasteiger partial charge on any atom is -0.369 e. The number of nitrogens with one attached hydrogen (secondary N) is 1. The maximum absolute atomic E-state index is 4.49. The van der Waals surface area contributed by atoms with Crippen molar-refractivity contribution in [2.75, 3.05) is 11.9 Å². The number of halogens is 1. The molecular weight excluding hydrogens is 341 g/mol. The van der Waals surface area contributed by atoms with Crippen LogP contribution >= 0.6 is 22.6 Å². The van der Waals surface area contributed by atoms with Crippen LogP contribution < -0.4 is 5.32 Å². The Morgan fingerprint density at radius 1 is 1.17 bits per heavy atom. The average molecular weight is 355 g/mol. The summed E-state index contributed by atoms with van der Waals surface area (Å²) in [6.45, 7) is 4.98. The highest BCUT2D eigenvalue weighted by atomic mass is 127. The van der Waals surface area contributed by atoms with Gasteiger partial charge in [0.05, 0.1) is 9.26 Å². The Morgan fingerprint density at radius 2 is 1.89 bits per heavy atom. The Kier molecular flexibility index (Phi) is 4.40. The van der Waals surface area contributed by atoms with Crippen LogP contribution in [-0.2, 0) is 0 Å². The van der Waals surface area contributed by atoms with Crippen LogP contribution in [0, 0.1) is 10.5 Å². The maximum atomic E-state index is 4.49. The number of aromatic nitrogens is 4. The molecule has 5 nitrogen and oxygen atoms in total. The van der Waals surface area contributed by atoms with Crippen LogP contribution in [0.2, 0.25) is 0 Å². The third-order valence-corrected chi connectivity index (χ3v) is 3.62. The largest absolute Gasteiger partial charge is 0.369 e. The first-order chi connectivity index (χ1) is 8.72. The molecule has 0 fully saturated rings. The number of anilines is 1. The summed E-state index contributed by atoms with van der Waals surface area (Å²) in [5, 5.41) is 3.30. The predicted molar refractivity (Wildman–Crippen MR) is 79.3 cm³/mol. The molecule has 0 saturated carbocycles. The van der Waals surface area contributed by atoms with Crippen molar-refractivity contribution in [3.8, 4) is 11.6 Å². The minimum absolute atomic E-state index is 0.552. The smallest absolute Gasteiger partial charge is 0.199 e. The van der Waals surface area contributed by atoms with Gasteiger partial charge in [-0.05, 0) is 42.0 Å². The lowest BCUT2D eigenvalue weighted by Gasteiger charge is -2.09. The second kappa shape index (κ2) is 6.03. The molecule has 0 radical (unpaired) electrons. The van der Waals surface area contributed by atoms with E-state index in [0.29, 0.717) is 11.6 Å². The van der Waals surface area contributed by atoms with Crippen molar-refractivity contribution in [3.05, 3.63) is 27.7 Å². The van der Waals surface area contributed by atoms with Crippen molar-refractivity contribution < 1.29 is 0 Å². The lowest BCUT2D eigenvalue weighted by molar-refractivity contribution is 0.953. The number of hydrogen-bond acceptors (Lipinski definition) is 5. The Hall–Kier alpha value is -1.31. The van der Waals surface area contributed by atoms with E-state index >= 15 is 0 Å². The monoisotopic (exact) mass is 355 g/mol. The third kappa shape index (κ3) is 2.92. The van der Waals surface area contributed by atoms with Crippen LogP contribution in [0.3, 0.4) is 0 Å². The second-order valence-electron chi connectivity index (χ2n) is 3.79. The fourth-order valence-electron chi connectivity index (χ4n) is 1.43. The first-order valence-corrected chi connectivity index (χ1v) is 6.85. The summed E-state index contributed by atoms with van der Waals surface area (Å²) in [6.07, 6.45) is 4.44. The standard InChI is InChI=1S/C12H14IN5/c1-3-5-14-10-9(13)8(2)17-12(18-10)11-15-6-4-7-16-11/h4,6-7H,3,5H2,1-2H3,(H,14,17,18). The van der Waals surface area contributed by atoms with Crippen molar-refractivity contribution in [1.82, 2.24) is 19.9 Å². The fourth-order valence-corrected chi connectivity index (χ4v) is 1.87. The van der Waals surface area contributed by atoms with Crippen molar-refractivity contribution in [3.63, 3.8) is 0 Å². The van der Waals surface area contributed by atoms with Crippen LogP contribution in [-0.4, -0.2) is 26.5 Å². The second-order valence-corrected chi connectivity index (χ2v) is 4.87. The van der Waals surface area contributed by atoms with E-state index in [1.54, 1.807) is 18.5 Å². The van der Waals surface area contributed by atoms with Crippen molar-refractivity contribution in [1.29, 1.82) is 0 Å². The van der Waals surface area contributed by atoms with Gasteiger partial charge in [0.1, 0.15) is 5.82 Å². The van der Waals surface area contributed by atoms with Crippen LogP contribution in [0.4, 0.5) is 5.82 Å². The van der Waals surface area contributed by atoms with Gasteiger partial charge in [-0.2, -0.15) is 0 Å². The van der Waals surface area contributed by atoms with Crippen molar-refractivity contribution >= 4 is 28.4 Å². The van der Waals surface area contributed by atoms with E-state index in [0.717, 1.165) is 28.0 Å². The van der Waals surface area contributed by atoms with Crippen LogP contribution in [0.25, 0.3) is 11.6 Å². The summed E-state index contributed by atoms with van der Waals surface area (Å²) >= 11 is 2.25. The molecule has 2 aromatic heterocycles. The lowest BCUT2D eigenvalue weighted by Crippen LogP contribution is -2.08. The molecule has 2 aromatic rings. The summed E-state index contributed by atoms with van der Waals surface area (Å²) in [5.74, 6) is 1.97. The van der Waals surface area contributed by atoms with E-state index in [-0.39, 0.29) is 0 Å². The molecule has 0 saturated heterocycles. The highest BCUT2D eigenvalue weighted by molar-refractivity contribution is 14.1. The molecular formula is C12H14IN5. The molecule has 0 atom stereocenters. The molecule has 18 heavy (non-hydrogen) atoms. The summed E-state index contributed by atoms with van der Waals surface area (Å²) in [4.78, 5) is 17.3. The molecule has 0 aliphatic carbocycles. The van der Waals surface area contributed by atoms with Crippen molar-refractivity contribution in [2.24, 2.45) is 0 Å².